The van der Waals surface area contributed by atoms with E-state index in [9.17, 15) is 23.1 Å². The Morgan fingerprint density at radius 2 is 2.00 bits per heavy atom. The zero-order valence-corrected chi connectivity index (χ0v) is 13.6. The first-order chi connectivity index (χ1) is 11.2. The number of aromatic nitrogens is 1. The first kappa shape index (κ1) is 16.1. The van der Waals surface area contributed by atoms with Crippen molar-refractivity contribution in [3.05, 3.63) is 47.3 Å². The number of anilines is 1. The molecule has 1 aliphatic heterocycles. The van der Waals surface area contributed by atoms with Crippen LogP contribution in [0.2, 0.25) is 0 Å². The highest BCUT2D eigenvalue weighted by Crippen LogP contribution is 2.36. The molecule has 3 rings (SSSR count). The second-order valence-corrected chi connectivity index (χ2v) is 7.34. The van der Waals surface area contributed by atoms with Crippen molar-refractivity contribution in [2.24, 2.45) is 12.8 Å². The minimum atomic E-state index is -4.00. The second kappa shape index (κ2) is 5.38. The Morgan fingerprint density at radius 1 is 1.29 bits per heavy atom. The zero-order valence-electron chi connectivity index (χ0n) is 12.8. The molecule has 1 aromatic heterocycles. The normalized spacial score (nSPS) is 13.8. The van der Waals surface area contributed by atoms with Crippen LogP contribution in [0, 0.1) is 0 Å². The standard InChI is InChI=1S/C15H15N3O5S/c1-17-8-10(7-12(17)14(16)19)24(22,23)18-6-5-9-3-2-4-11(13(9)18)15(20)21/h2-4,7-8H,5-6H2,1H3,(H2,16,19)(H,20,21). The van der Waals surface area contributed by atoms with E-state index in [1.54, 1.807) is 12.1 Å². The van der Waals surface area contributed by atoms with Crippen molar-refractivity contribution in [1.82, 2.24) is 4.57 Å². The number of nitrogens with two attached hydrogens (primary N) is 1. The van der Waals surface area contributed by atoms with Crippen LogP contribution < -0.4 is 10.0 Å². The third kappa shape index (κ3) is 2.33. The molecule has 8 nitrogen and oxygen atoms in total. The van der Waals surface area contributed by atoms with Gasteiger partial charge in [0.1, 0.15) is 10.6 Å². The molecular weight excluding hydrogens is 334 g/mol. The highest BCUT2D eigenvalue weighted by Gasteiger charge is 2.35. The fourth-order valence-corrected chi connectivity index (χ4v) is 4.48. The minimum Gasteiger partial charge on any atom is -0.478 e. The summed E-state index contributed by atoms with van der Waals surface area (Å²) in [5, 5.41) is 9.34. The van der Waals surface area contributed by atoms with E-state index in [1.807, 2.05) is 0 Å². The number of aryl methyl sites for hydroxylation is 1. The fourth-order valence-electron chi connectivity index (χ4n) is 2.88. The fraction of sp³-hybridized carbons (Fsp3) is 0.200. The van der Waals surface area contributed by atoms with Gasteiger partial charge in [-0.1, -0.05) is 12.1 Å². The summed E-state index contributed by atoms with van der Waals surface area (Å²) >= 11 is 0. The van der Waals surface area contributed by atoms with Gasteiger partial charge in [0.05, 0.1) is 11.3 Å². The van der Waals surface area contributed by atoms with Gasteiger partial charge in [-0.3, -0.25) is 9.10 Å². The van der Waals surface area contributed by atoms with Crippen LogP contribution >= 0.6 is 0 Å². The topological polar surface area (TPSA) is 123 Å². The Balaban J connectivity index is 2.14. The van der Waals surface area contributed by atoms with E-state index in [-0.39, 0.29) is 28.4 Å². The third-order valence-electron chi connectivity index (χ3n) is 4.00. The Labute approximate surface area is 138 Å². The Hall–Kier alpha value is -2.81. The molecule has 3 N–H and O–H groups in total. The van der Waals surface area contributed by atoms with Gasteiger partial charge in [-0.15, -0.1) is 0 Å². The quantitative estimate of drug-likeness (QED) is 0.835. The number of hydrogen-bond donors (Lipinski definition) is 2. The largest absolute Gasteiger partial charge is 0.478 e. The molecule has 1 amide bonds. The summed E-state index contributed by atoms with van der Waals surface area (Å²) in [5.41, 5.74) is 6.04. The molecule has 1 aromatic carbocycles. The summed E-state index contributed by atoms with van der Waals surface area (Å²) < 4.78 is 28.3. The lowest BCUT2D eigenvalue weighted by Gasteiger charge is -2.20. The number of carboxylic acid groups (broad SMARTS) is 1. The zero-order chi connectivity index (χ0) is 17.6. The number of carbonyl (C=O) groups is 2. The molecule has 2 aromatic rings. The summed E-state index contributed by atoms with van der Waals surface area (Å²) in [6, 6.07) is 5.86. The maximum absolute atomic E-state index is 12.9. The molecule has 1 aliphatic rings. The van der Waals surface area contributed by atoms with Crippen molar-refractivity contribution in [2.75, 3.05) is 10.8 Å². The number of amides is 1. The number of sulfonamides is 1. The van der Waals surface area contributed by atoms with E-state index in [0.717, 1.165) is 4.31 Å². The van der Waals surface area contributed by atoms with Crippen molar-refractivity contribution in [1.29, 1.82) is 0 Å². The smallest absolute Gasteiger partial charge is 0.337 e. The van der Waals surface area contributed by atoms with E-state index >= 15 is 0 Å². The van der Waals surface area contributed by atoms with Crippen molar-refractivity contribution in [2.45, 2.75) is 11.3 Å². The van der Waals surface area contributed by atoms with Crippen LogP contribution in [-0.2, 0) is 23.5 Å². The SMILES string of the molecule is Cn1cc(S(=O)(=O)N2CCc3cccc(C(=O)O)c32)cc1C(N)=O. The van der Waals surface area contributed by atoms with Crippen molar-refractivity contribution in [3.63, 3.8) is 0 Å². The van der Waals surface area contributed by atoms with Gasteiger partial charge in [-0.05, 0) is 24.1 Å². The van der Waals surface area contributed by atoms with Crippen LogP contribution in [0.3, 0.4) is 0 Å². The number of fused-ring (bicyclic) bond motifs is 1. The molecule has 0 atom stereocenters. The number of primary amides is 1. The van der Waals surface area contributed by atoms with Gasteiger partial charge in [0.25, 0.3) is 15.9 Å². The van der Waals surface area contributed by atoms with Crippen LogP contribution in [0.1, 0.15) is 26.4 Å². The van der Waals surface area contributed by atoms with E-state index in [1.165, 1.54) is 29.9 Å². The van der Waals surface area contributed by atoms with Gasteiger partial charge >= 0.3 is 5.97 Å². The number of nitrogens with zero attached hydrogens (tertiary/aromatic N) is 2. The average Bonchev–Trinajstić information content (AvgIpc) is 3.10. The number of carbonyl (C=O) groups excluding carboxylic acids is 1. The number of para-hydroxylation sites is 1. The maximum atomic E-state index is 12.9. The summed E-state index contributed by atoms with van der Waals surface area (Å²) in [6.07, 6.45) is 1.71. The highest BCUT2D eigenvalue weighted by molar-refractivity contribution is 7.92. The molecule has 0 aliphatic carbocycles. The van der Waals surface area contributed by atoms with Crippen LogP contribution in [0.5, 0.6) is 0 Å². The van der Waals surface area contributed by atoms with Crippen molar-refractivity contribution in [3.8, 4) is 0 Å². The lowest BCUT2D eigenvalue weighted by Crippen LogP contribution is -2.30. The molecule has 0 spiro atoms. The molecule has 2 heterocycles. The van der Waals surface area contributed by atoms with E-state index < -0.39 is 21.9 Å². The van der Waals surface area contributed by atoms with Gasteiger partial charge < -0.3 is 15.4 Å². The Bertz CT molecular complexity index is 961. The van der Waals surface area contributed by atoms with Gasteiger partial charge in [0, 0.05) is 19.8 Å². The van der Waals surface area contributed by atoms with Gasteiger partial charge in [0.15, 0.2) is 0 Å². The third-order valence-corrected chi connectivity index (χ3v) is 5.77. The lowest BCUT2D eigenvalue weighted by atomic mass is 10.1. The van der Waals surface area contributed by atoms with E-state index in [0.29, 0.717) is 12.0 Å². The van der Waals surface area contributed by atoms with Gasteiger partial charge in [-0.2, -0.15) is 0 Å². The Morgan fingerprint density at radius 3 is 2.58 bits per heavy atom. The number of hydrogen-bond acceptors (Lipinski definition) is 4. The molecule has 0 radical (unpaired) electrons. The number of aromatic carboxylic acids is 1. The van der Waals surface area contributed by atoms with Crippen LogP contribution in [-0.4, -0.2) is 36.5 Å². The molecule has 0 saturated carbocycles. The molecule has 0 saturated heterocycles. The molecular formula is C15H15N3O5S. The average molecular weight is 349 g/mol. The Kier molecular flexibility index (Phi) is 3.60. The predicted octanol–water partition coefficient (Wildman–Crippen LogP) is 0.574. The van der Waals surface area contributed by atoms with E-state index in [2.05, 4.69) is 0 Å². The van der Waals surface area contributed by atoms with Gasteiger partial charge in [0.2, 0.25) is 0 Å². The van der Waals surface area contributed by atoms with E-state index in [4.69, 9.17) is 5.73 Å². The van der Waals surface area contributed by atoms with Crippen molar-refractivity contribution < 1.29 is 23.1 Å². The predicted molar refractivity (Wildman–Crippen MR) is 85.6 cm³/mol. The maximum Gasteiger partial charge on any atom is 0.337 e. The number of benzene rings is 1. The lowest BCUT2D eigenvalue weighted by molar-refractivity contribution is 0.0697. The van der Waals surface area contributed by atoms with Crippen LogP contribution in [0.25, 0.3) is 0 Å². The van der Waals surface area contributed by atoms with Gasteiger partial charge in [-0.25, -0.2) is 13.2 Å². The first-order valence-electron chi connectivity index (χ1n) is 7.07. The molecule has 0 fully saturated rings. The minimum absolute atomic E-state index is 0.0551. The van der Waals surface area contributed by atoms with Crippen LogP contribution in [0.15, 0.2) is 35.4 Å². The molecule has 126 valence electrons. The molecule has 0 unspecified atom stereocenters. The second-order valence-electron chi connectivity index (χ2n) is 5.48. The molecule has 24 heavy (non-hydrogen) atoms. The first-order valence-corrected chi connectivity index (χ1v) is 8.51. The molecule has 9 heteroatoms. The van der Waals surface area contributed by atoms with Crippen molar-refractivity contribution >= 4 is 27.6 Å². The molecule has 0 bridgehead atoms. The summed E-state index contributed by atoms with van der Waals surface area (Å²) in [4.78, 5) is 22.7. The van der Waals surface area contributed by atoms with Crippen LogP contribution in [0.4, 0.5) is 5.69 Å². The number of carboxylic acids is 1. The monoisotopic (exact) mass is 349 g/mol. The highest BCUT2D eigenvalue weighted by atomic mass is 32.2. The summed E-state index contributed by atoms with van der Waals surface area (Å²) in [7, 11) is -2.49. The number of rotatable bonds is 4. The summed E-state index contributed by atoms with van der Waals surface area (Å²) in [5.74, 6) is -1.94. The summed E-state index contributed by atoms with van der Waals surface area (Å²) in [6.45, 7) is 0.142.